The van der Waals surface area contributed by atoms with Crippen molar-refractivity contribution in [1.82, 2.24) is 10.1 Å². The number of aromatic nitrogens is 2. The predicted octanol–water partition coefficient (Wildman–Crippen LogP) is 0.795. The van der Waals surface area contributed by atoms with E-state index in [9.17, 15) is 13.2 Å². The monoisotopic (exact) mass is 255 g/mol. The van der Waals surface area contributed by atoms with Crippen LogP contribution < -0.4 is 5.73 Å². The lowest BCUT2D eigenvalue weighted by molar-refractivity contribution is -0.177. The highest BCUT2D eigenvalue weighted by Gasteiger charge is 2.27. The number of hydrogen-bond donors (Lipinski definition) is 1. The predicted molar refractivity (Wildman–Crippen MR) is 48.8 cm³/mol. The summed E-state index contributed by atoms with van der Waals surface area (Å²) < 4.78 is 49.4. The van der Waals surface area contributed by atoms with Gasteiger partial charge in [-0.3, -0.25) is 0 Å². The lowest BCUT2D eigenvalue weighted by Crippen LogP contribution is -2.17. The maximum Gasteiger partial charge on any atom is 0.411 e. The summed E-state index contributed by atoms with van der Waals surface area (Å²) in [5.41, 5.74) is 5.35. The molecular formula is C8H12F3N3O3. The van der Waals surface area contributed by atoms with Gasteiger partial charge < -0.3 is 19.7 Å². The Morgan fingerprint density at radius 2 is 2.18 bits per heavy atom. The van der Waals surface area contributed by atoms with Crippen LogP contribution in [0.1, 0.15) is 17.8 Å². The second-order valence-corrected chi connectivity index (χ2v) is 3.12. The third-order valence-corrected chi connectivity index (χ3v) is 1.75. The van der Waals surface area contributed by atoms with Gasteiger partial charge in [0.2, 0.25) is 0 Å². The smallest absolute Gasteiger partial charge is 0.370 e. The van der Waals surface area contributed by atoms with Crippen molar-refractivity contribution >= 4 is 0 Å². The first-order valence-corrected chi connectivity index (χ1v) is 4.66. The molecule has 1 heterocycles. The number of methoxy groups -OCH3 is 1. The van der Waals surface area contributed by atoms with Crippen LogP contribution in [-0.2, 0) is 16.1 Å². The van der Waals surface area contributed by atoms with Crippen LogP contribution >= 0.6 is 0 Å². The van der Waals surface area contributed by atoms with Crippen molar-refractivity contribution in [2.75, 3.05) is 20.3 Å². The first kappa shape index (κ1) is 13.9. The maximum atomic E-state index is 11.8. The summed E-state index contributed by atoms with van der Waals surface area (Å²) in [5.74, 6) is 0.125. The Labute approximate surface area is 94.9 Å². The van der Waals surface area contributed by atoms with Crippen LogP contribution in [0.15, 0.2) is 4.52 Å². The van der Waals surface area contributed by atoms with Gasteiger partial charge in [-0.2, -0.15) is 18.2 Å². The molecule has 2 N–H and O–H groups in total. The van der Waals surface area contributed by atoms with Gasteiger partial charge in [0, 0.05) is 13.7 Å². The van der Waals surface area contributed by atoms with E-state index in [0.29, 0.717) is 0 Å². The molecule has 1 aromatic rings. The number of nitrogens with zero attached hydrogens (tertiary/aromatic N) is 2. The minimum Gasteiger partial charge on any atom is -0.370 e. The topological polar surface area (TPSA) is 83.4 Å². The van der Waals surface area contributed by atoms with E-state index in [4.69, 9.17) is 15.0 Å². The third kappa shape index (κ3) is 4.67. The van der Waals surface area contributed by atoms with Gasteiger partial charge >= 0.3 is 6.18 Å². The summed E-state index contributed by atoms with van der Waals surface area (Å²) in [4.78, 5) is 3.80. The quantitative estimate of drug-likeness (QED) is 0.809. The average Bonchev–Trinajstić information content (AvgIpc) is 2.67. The van der Waals surface area contributed by atoms with Crippen LogP contribution in [0.4, 0.5) is 13.2 Å². The summed E-state index contributed by atoms with van der Waals surface area (Å²) >= 11 is 0. The molecule has 9 heteroatoms. The van der Waals surface area contributed by atoms with Crippen molar-refractivity contribution in [3.05, 3.63) is 11.7 Å². The zero-order chi connectivity index (χ0) is 12.9. The van der Waals surface area contributed by atoms with Crippen LogP contribution in [0.25, 0.3) is 0 Å². The number of halogens is 3. The molecule has 0 spiro atoms. The largest absolute Gasteiger partial charge is 0.411 e. The lowest BCUT2D eigenvalue weighted by Gasteiger charge is -2.06. The molecule has 1 aromatic heterocycles. The van der Waals surface area contributed by atoms with Crippen molar-refractivity contribution in [3.63, 3.8) is 0 Å². The summed E-state index contributed by atoms with van der Waals surface area (Å²) in [6, 6.07) is 0. The normalized spacial score (nSPS) is 13.9. The van der Waals surface area contributed by atoms with E-state index in [-0.39, 0.29) is 24.9 Å². The summed E-state index contributed by atoms with van der Waals surface area (Å²) in [6.45, 7) is -1.62. The molecule has 1 atom stereocenters. The number of rotatable bonds is 6. The van der Waals surface area contributed by atoms with Crippen LogP contribution in [0.2, 0.25) is 0 Å². The Morgan fingerprint density at radius 1 is 1.47 bits per heavy atom. The van der Waals surface area contributed by atoms with Crippen molar-refractivity contribution in [1.29, 1.82) is 0 Å². The minimum atomic E-state index is -4.38. The third-order valence-electron chi connectivity index (χ3n) is 1.75. The van der Waals surface area contributed by atoms with Crippen LogP contribution in [0.3, 0.4) is 0 Å². The van der Waals surface area contributed by atoms with Crippen molar-refractivity contribution in [2.45, 2.75) is 18.9 Å². The molecule has 0 saturated carbocycles. The van der Waals surface area contributed by atoms with Crippen molar-refractivity contribution in [3.8, 4) is 0 Å². The highest BCUT2D eigenvalue weighted by molar-refractivity contribution is 4.89. The molecule has 0 radical (unpaired) electrons. The van der Waals surface area contributed by atoms with Gasteiger partial charge in [0.05, 0.1) is 0 Å². The van der Waals surface area contributed by atoms with Gasteiger partial charge in [-0.25, -0.2) is 0 Å². The highest BCUT2D eigenvalue weighted by Crippen LogP contribution is 2.16. The van der Waals surface area contributed by atoms with Gasteiger partial charge in [-0.05, 0) is 0 Å². The van der Waals surface area contributed by atoms with E-state index in [1.165, 1.54) is 7.11 Å². The fraction of sp³-hybridized carbons (Fsp3) is 0.750. The zero-order valence-electron chi connectivity index (χ0n) is 9.03. The molecule has 0 aliphatic rings. The van der Waals surface area contributed by atoms with Gasteiger partial charge in [0.25, 0.3) is 5.89 Å². The summed E-state index contributed by atoms with van der Waals surface area (Å²) in [6.07, 6.45) is -4.95. The molecular weight excluding hydrogens is 243 g/mol. The Kier molecular flexibility index (Phi) is 4.85. The zero-order valence-corrected chi connectivity index (χ0v) is 9.03. The minimum absolute atomic E-state index is 0.0137. The SMILES string of the molecule is COC(CN)c1nc(COCC(F)(F)F)no1. The summed E-state index contributed by atoms with van der Waals surface area (Å²) in [7, 11) is 1.40. The van der Waals surface area contributed by atoms with Gasteiger partial charge in [0.1, 0.15) is 19.3 Å². The Bertz CT molecular complexity index is 338. The fourth-order valence-electron chi connectivity index (χ4n) is 1.01. The van der Waals surface area contributed by atoms with Crippen molar-refractivity contribution in [2.24, 2.45) is 5.73 Å². The van der Waals surface area contributed by atoms with E-state index in [2.05, 4.69) is 14.9 Å². The van der Waals surface area contributed by atoms with Crippen LogP contribution in [-0.4, -0.2) is 36.6 Å². The van der Waals surface area contributed by atoms with E-state index >= 15 is 0 Å². The first-order valence-electron chi connectivity index (χ1n) is 4.66. The molecule has 1 unspecified atom stereocenters. The molecule has 0 amide bonds. The molecule has 0 saturated heterocycles. The van der Waals surface area contributed by atoms with E-state index < -0.39 is 18.9 Å². The molecule has 0 aromatic carbocycles. The number of ether oxygens (including phenoxy) is 2. The van der Waals surface area contributed by atoms with E-state index in [1.54, 1.807) is 0 Å². The Balaban J connectivity index is 2.46. The molecule has 98 valence electrons. The van der Waals surface area contributed by atoms with Gasteiger partial charge in [0.15, 0.2) is 5.82 Å². The summed E-state index contributed by atoms with van der Waals surface area (Å²) in [5, 5.41) is 3.44. The van der Waals surface area contributed by atoms with Crippen LogP contribution in [0.5, 0.6) is 0 Å². The van der Waals surface area contributed by atoms with Gasteiger partial charge in [-0.15, -0.1) is 0 Å². The standard InChI is InChI=1S/C8H12F3N3O3/c1-15-5(2-12)7-13-6(14-17-7)3-16-4-8(9,10)11/h5H,2-4,12H2,1H3. The van der Waals surface area contributed by atoms with Crippen molar-refractivity contribution < 1.29 is 27.2 Å². The second kappa shape index (κ2) is 5.94. The molecule has 17 heavy (non-hydrogen) atoms. The molecule has 1 rings (SSSR count). The molecule has 0 bridgehead atoms. The van der Waals surface area contributed by atoms with Crippen LogP contribution in [0, 0.1) is 0 Å². The maximum absolute atomic E-state index is 11.8. The number of alkyl halides is 3. The Morgan fingerprint density at radius 3 is 2.71 bits per heavy atom. The highest BCUT2D eigenvalue weighted by atomic mass is 19.4. The van der Waals surface area contributed by atoms with Gasteiger partial charge in [-0.1, -0.05) is 5.16 Å². The number of hydrogen-bond acceptors (Lipinski definition) is 6. The molecule has 0 aliphatic carbocycles. The molecule has 6 nitrogen and oxygen atoms in total. The van der Waals surface area contributed by atoms with E-state index in [0.717, 1.165) is 0 Å². The second-order valence-electron chi connectivity index (χ2n) is 3.12. The Hall–Kier alpha value is -1.19. The molecule has 0 aliphatic heterocycles. The number of nitrogens with two attached hydrogens (primary N) is 1. The molecule has 0 fully saturated rings. The fourth-order valence-corrected chi connectivity index (χ4v) is 1.01. The van der Waals surface area contributed by atoms with E-state index in [1.807, 2.05) is 0 Å². The lowest BCUT2D eigenvalue weighted by atomic mass is 10.3. The first-order chi connectivity index (χ1) is 7.96. The average molecular weight is 255 g/mol.